The summed E-state index contributed by atoms with van der Waals surface area (Å²) in [5, 5.41) is 0. The second-order valence-electron chi connectivity index (χ2n) is 7.26. The normalized spacial score (nSPS) is 12.6. The summed E-state index contributed by atoms with van der Waals surface area (Å²) < 4.78 is 57.3. The molecule has 0 radical (unpaired) electrons. The molecule has 0 rings (SSSR count). The van der Waals surface area contributed by atoms with Gasteiger partial charge < -0.3 is 18.0 Å². The minimum absolute atomic E-state index is 0.0670. The summed E-state index contributed by atoms with van der Waals surface area (Å²) in [5.74, 6) is 0. The minimum atomic E-state index is -3.61. The number of halogens is 3. The molecule has 0 unspecified atom stereocenters. The van der Waals surface area contributed by atoms with Crippen molar-refractivity contribution in [2.24, 2.45) is 0 Å². The fraction of sp³-hybridized carbons (Fsp3) is 1.00. The van der Waals surface area contributed by atoms with Crippen molar-refractivity contribution in [3.8, 4) is 0 Å². The molecule has 170 valence electrons. The van der Waals surface area contributed by atoms with Crippen LogP contribution in [0.25, 0.3) is 0 Å². The Labute approximate surface area is 170 Å². The smallest absolute Gasteiger partial charge is 0.377 e. The Balaban J connectivity index is 3.28. The third kappa shape index (κ3) is 14.8. The number of hydrogen-bond donors (Lipinski definition) is 0. The van der Waals surface area contributed by atoms with E-state index >= 15 is 0 Å². The van der Waals surface area contributed by atoms with Gasteiger partial charge in [-0.25, -0.2) is 4.39 Å². The van der Waals surface area contributed by atoms with Crippen LogP contribution >= 0.6 is 0 Å². The van der Waals surface area contributed by atoms with E-state index in [0.29, 0.717) is 6.42 Å². The number of rotatable bonds is 21. The summed E-state index contributed by atoms with van der Waals surface area (Å²) >= 11 is 0. The summed E-state index contributed by atoms with van der Waals surface area (Å²) in [4.78, 5) is 0. The van der Waals surface area contributed by atoms with Crippen molar-refractivity contribution in [2.75, 3.05) is 34.6 Å². The SMILES string of the molecule is CO[Si](CCCCCCCCCCCCCCCOC(F)(F)CF)(OC)OC. The van der Waals surface area contributed by atoms with Gasteiger partial charge in [-0.2, -0.15) is 8.78 Å². The van der Waals surface area contributed by atoms with Crippen LogP contribution in [0.5, 0.6) is 0 Å². The van der Waals surface area contributed by atoms with Crippen LogP contribution in [-0.2, 0) is 18.0 Å². The molecular formula is C20H41F3O4Si. The summed E-state index contributed by atoms with van der Waals surface area (Å²) in [5.41, 5.74) is 0. The van der Waals surface area contributed by atoms with E-state index in [-0.39, 0.29) is 6.61 Å². The van der Waals surface area contributed by atoms with Crippen LogP contribution in [0.1, 0.15) is 83.5 Å². The fourth-order valence-electron chi connectivity index (χ4n) is 3.20. The lowest BCUT2D eigenvalue weighted by atomic mass is 10.0. The molecule has 0 N–H and O–H groups in total. The largest absolute Gasteiger partial charge is 0.500 e. The fourth-order valence-corrected chi connectivity index (χ4v) is 5.00. The van der Waals surface area contributed by atoms with Gasteiger partial charge in [0.05, 0.1) is 6.61 Å². The number of ether oxygens (including phenoxy) is 1. The Morgan fingerprint density at radius 1 is 0.607 bits per heavy atom. The molecule has 0 aromatic rings. The zero-order chi connectivity index (χ0) is 21.1. The standard InChI is InChI=1S/C20H41F3O4Si/c1-24-28(25-2,26-3)18-16-14-12-10-8-6-4-5-7-9-11-13-15-17-27-20(22,23)19-21/h4-19H2,1-3H3. The molecule has 8 heteroatoms. The topological polar surface area (TPSA) is 36.9 Å². The zero-order valence-corrected chi connectivity index (χ0v) is 19.1. The second kappa shape index (κ2) is 17.7. The van der Waals surface area contributed by atoms with Gasteiger partial charge in [0.25, 0.3) is 0 Å². The van der Waals surface area contributed by atoms with E-state index in [2.05, 4.69) is 4.74 Å². The van der Waals surface area contributed by atoms with E-state index < -0.39 is 21.6 Å². The molecule has 0 aliphatic heterocycles. The maximum Gasteiger partial charge on any atom is 0.500 e. The first kappa shape index (κ1) is 27.8. The highest BCUT2D eigenvalue weighted by molar-refractivity contribution is 6.60. The van der Waals surface area contributed by atoms with Gasteiger partial charge in [-0.15, -0.1) is 0 Å². The van der Waals surface area contributed by atoms with Crippen LogP contribution in [0.2, 0.25) is 6.04 Å². The predicted molar refractivity (Wildman–Crippen MR) is 108 cm³/mol. The maximum atomic E-state index is 12.5. The molecule has 0 aliphatic carbocycles. The van der Waals surface area contributed by atoms with E-state index in [4.69, 9.17) is 13.3 Å². The van der Waals surface area contributed by atoms with Crippen molar-refractivity contribution < 1.29 is 31.2 Å². The molecule has 0 saturated heterocycles. The third-order valence-corrected chi connectivity index (χ3v) is 7.86. The van der Waals surface area contributed by atoms with Crippen LogP contribution in [0, 0.1) is 0 Å². The number of alkyl halides is 3. The first-order chi connectivity index (χ1) is 13.4. The average Bonchev–Trinajstić information content (AvgIpc) is 2.71. The summed E-state index contributed by atoms with van der Waals surface area (Å²) in [6.07, 6.45) is 11.0. The van der Waals surface area contributed by atoms with Crippen molar-refractivity contribution in [1.29, 1.82) is 0 Å². The molecule has 0 aromatic heterocycles. The Morgan fingerprint density at radius 2 is 0.964 bits per heavy atom. The highest BCUT2D eigenvalue weighted by Crippen LogP contribution is 2.19. The van der Waals surface area contributed by atoms with Crippen molar-refractivity contribution in [3.63, 3.8) is 0 Å². The highest BCUT2D eigenvalue weighted by Gasteiger charge is 2.36. The van der Waals surface area contributed by atoms with Crippen molar-refractivity contribution >= 4 is 8.80 Å². The molecule has 4 nitrogen and oxygen atoms in total. The van der Waals surface area contributed by atoms with Crippen LogP contribution in [-0.4, -0.2) is 49.5 Å². The van der Waals surface area contributed by atoms with E-state index in [1.165, 1.54) is 51.4 Å². The molecule has 0 amide bonds. The molecule has 0 spiro atoms. The first-order valence-electron chi connectivity index (χ1n) is 10.7. The van der Waals surface area contributed by atoms with Gasteiger partial charge in [-0.1, -0.05) is 70.6 Å². The van der Waals surface area contributed by atoms with Crippen LogP contribution in [0.3, 0.4) is 0 Å². The van der Waals surface area contributed by atoms with Gasteiger partial charge in [0.1, 0.15) is 0 Å². The molecule has 0 aromatic carbocycles. The first-order valence-corrected chi connectivity index (χ1v) is 12.6. The lowest BCUT2D eigenvalue weighted by Gasteiger charge is -2.24. The maximum absolute atomic E-state index is 12.5. The summed E-state index contributed by atoms with van der Waals surface area (Å²) in [6.45, 7) is -1.81. The van der Waals surface area contributed by atoms with Crippen molar-refractivity contribution in [3.05, 3.63) is 0 Å². The Morgan fingerprint density at radius 3 is 1.32 bits per heavy atom. The lowest BCUT2D eigenvalue weighted by Crippen LogP contribution is -2.42. The van der Waals surface area contributed by atoms with E-state index in [1.807, 2.05) is 0 Å². The van der Waals surface area contributed by atoms with Crippen molar-refractivity contribution in [2.45, 2.75) is 95.6 Å². The molecule has 0 bridgehead atoms. The monoisotopic (exact) mass is 430 g/mol. The molecule has 0 aliphatic rings. The Hall–Kier alpha value is -0.153. The lowest BCUT2D eigenvalue weighted by molar-refractivity contribution is -0.246. The van der Waals surface area contributed by atoms with Gasteiger partial charge >= 0.3 is 14.9 Å². The minimum Gasteiger partial charge on any atom is -0.377 e. The van der Waals surface area contributed by atoms with E-state index in [1.54, 1.807) is 21.3 Å². The third-order valence-electron chi connectivity index (χ3n) is 5.03. The van der Waals surface area contributed by atoms with Gasteiger partial charge in [0.15, 0.2) is 6.67 Å². The van der Waals surface area contributed by atoms with Gasteiger partial charge in [0.2, 0.25) is 0 Å². The Kier molecular flexibility index (Phi) is 17.6. The average molecular weight is 431 g/mol. The van der Waals surface area contributed by atoms with E-state index in [9.17, 15) is 13.2 Å². The van der Waals surface area contributed by atoms with Crippen LogP contribution in [0.4, 0.5) is 13.2 Å². The molecule has 0 saturated carbocycles. The van der Waals surface area contributed by atoms with Crippen LogP contribution < -0.4 is 0 Å². The molecule has 28 heavy (non-hydrogen) atoms. The summed E-state index contributed by atoms with van der Waals surface area (Å²) in [7, 11) is 2.58. The Bertz CT molecular complexity index is 337. The highest BCUT2D eigenvalue weighted by atomic mass is 28.4. The summed E-state index contributed by atoms with van der Waals surface area (Å²) in [6, 6.07) is 0.876. The van der Waals surface area contributed by atoms with Gasteiger partial charge in [-0.05, 0) is 12.8 Å². The van der Waals surface area contributed by atoms with Crippen LogP contribution in [0.15, 0.2) is 0 Å². The predicted octanol–water partition coefficient (Wildman–Crippen LogP) is 6.51. The van der Waals surface area contributed by atoms with Gasteiger partial charge in [0, 0.05) is 27.4 Å². The number of unbranched alkanes of at least 4 members (excludes halogenated alkanes) is 12. The second-order valence-corrected chi connectivity index (χ2v) is 10.4. The van der Waals surface area contributed by atoms with Crippen molar-refractivity contribution in [1.82, 2.24) is 0 Å². The number of hydrogen-bond acceptors (Lipinski definition) is 4. The molecular weight excluding hydrogens is 389 g/mol. The quantitative estimate of drug-likeness (QED) is 0.154. The molecule has 0 atom stereocenters. The molecule has 0 heterocycles. The van der Waals surface area contributed by atoms with E-state index in [0.717, 1.165) is 31.7 Å². The molecule has 0 fully saturated rings. The zero-order valence-electron chi connectivity index (χ0n) is 18.1. The van der Waals surface area contributed by atoms with Gasteiger partial charge in [-0.3, -0.25) is 0 Å².